The van der Waals surface area contributed by atoms with Crippen LogP contribution in [0.1, 0.15) is 92.1 Å². The van der Waals surface area contributed by atoms with Gasteiger partial charge in [0.2, 0.25) is 0 Å². The summed E-state index contributed by atoms with van der Waals surface area (Å²) in [4.78, 5) is 72.0. The van der Waals surface area contributed by atoms with Gasteiger partial charge in [-0.15, -0.1) is 0 Å². The van der Waals surface area contributed by atoms with Crippen LogP contribution < -0.4 is 0 Å². The van der Waals surface area contributed by atoms with Crippen LogP contribution in [0.3, 0.4) is 0 Å². The third-order valence-corrected chi connectivity index (χ3v) is 6.92. The van der Waals surface area contributed by atoms with E-state index < -0.39 is 35.8 Å². The van der Waals surface area contributed by atoms with E-state index in [0.717, 1.165) is 0 Å². The first kappa shape index (κ1) is 26.7. The molecule has 5 rings (SSSR count). The summed E-state index contributed by atoms with van der Waals surface area (Å²) in [6.07, 6.45) is 4.57. The average molecular weight is 545 g/mol. The molecular formula is C30H24O10. The Labute approximate surface area is 228 Å². The second-order valence-corrected chi connectivity index (χ2v) is 9.83. The van der Waals surface area contributed by atoms with E-state index in [1.54, 1.807) is 38.1 Å². The molecule has 0 bridgehead atoms. The fourth-order valence-electron chi connectivity index (χ4n) is 4.76. The maximum atomic E-state index is 12.6. The van der Waals surface area contributed by atoms with Crippen molar-refractivity contribution in [1.82, 2.24) is 0 Å². The lowest BCUT2D eigenvalue weighted by Gasteiger charge is -2.28. The zero-order chi connectivity index (χ0) is 28.6. The molecule has 1 fully saturated rings. The standard InChI is InChI=1S/C30H24O10/c1-15(11-17-3-9-21-23(13-17)29(35)39-27(21)33)25(31)37-19-5-7-20(8-6-19)38-26(32)16(2)12-18-4-10-22-24(14-18)30(36)40-28(22)34/h3-4,9-14,19-20H,5-8H2,1-2H3/b15-11+,16-12+. The molecule has 1 saturated carbocycles. The number of benzene rings is 2. The third kappa shape index (κ3) is 5.47. The first-order valence-electron chi connectivity index (χ1n) is 12.7. The highest BCUT2D eigenvalue weighted by molar-refractivity contribution is 6.15. The number of esters is 6. The second kappa shape index (κ2) is 10.7. The Morgan fingerprint density at radius 3 is 1.35 bits per heavy atom. The summed E-state index contributed by atoms with van der Waals surface area (Å²) in [7, 11) is 0. The number of ether oxygens (including phenoxy) is 4. The minimum Gasteiger partial charge on any atom is -0.459 e. The van der Waals surface area contributed by atoms with Crippen LogP contribution in [0.2, 0.25) is 0 Å². The molecule has 40 heavy (non-hydrogen) atoms. The van der Waals surface area contributed by atoms with Crippen LogP contribution in [0.15, 0.2) is 47.5 Å². The van der Waals surface area contributed by atoms with Crippen molar-refractivity contribution < 1.29 is 47.7 Å². The van der Waals surface area contributed by atoms with Gasteiger partial charge in [0.15, 0.2) is 0 Å². The number of rotatable bonds is 6. The number of cyclic esters (lactones) is 4. The van der Waals surface area contributed by atoms with Crippen molar-refractivity contribution >= 4 is 48.0 Å². The van der Waals surface area contributed by atoms with Gasteiger partial charge in [0.05, 0.1) is 22.3 Å². The zero-order valence-electron chi connectivity index (χ0n) is 21.7. The Hall–Kier alpha value is -4.86. The number of hydrogen-bond acceptors (Lipinski definition) is 10. The van der Waals surface area contributed by atoms with Crippen LogP contribution in [0.25, 0.3) is 12.2 Å². The first-order valence-corrected chi connectivity index (χ1v) is 12.7. The molecule has 10 heteroatoms. The minimum absolute atomic E-state index is 0.159. The quantitative estimate of drug-likeness (QED) is 0.225. The Morgan fingerprint density at radius 2 is 0.975 bits per heavy atom. The van der Waals surface area contributed by atoms with E-state index in [9.17, 15) is 28.8 Å². The maximum absolute atomic E-state index is 12.6. The molecule has 2 aromatic rings. The van der Waals surface area contributed by atoms with Gasteiger partial charge < -0.3 is 18.9 Å². The van der Waals surface area contributed by atoms with Gasteiger partial charge in [0.25, 0.3) is 0 Å². The van der Waals surface area contributed by atoms with Gasteiger partial charge in [0.1, 0.15) is 12.2 Å². The van der Waals surface area contributed by atoms with Crippen molar-refractivity contribution in [2.75, 3.05) is 0 Å². The van der Waals surface area contributed by atoms with Crippen LogP contribution in [0.5, 0.6) is 0 Å². The summed E-state index contributed by atoms with van der Waals surface area (Å²) >= 11 is 0. The lowest BCUT2D eigenvalue weighted by atomic mass is 9.94. The molecule has 10 nitrogen and oxygen atoms in total. The lowest BCUT2D eigenvalue weighted by molar-refractivity contribution is -0.153. The molecule has 2 aliphatic heterocycles. The molecule has 0 atom stereocenters. The Bertz CT molecular complexity index is 1420. The number of carbonyl (C=O) groups excluding carboxylic acids is 6. The second-order valence-electron chi connectivity index (χ2n) is 9.83. The van der Waals surface area contributed by atoms with Crippen molar-refractivity contribution in [1.29, 1.82) is 0 Å². The van der Waals surface area contributed by atoms with Gasteiger partial charge in [-0.1, -0.05) is 12.1 Å². The predicted octanol–water partition coefficient (Wildman–Crippen LogP) is 4.21. The number of carbonyl (C=O) groups is 6. The van der Waals surface area contributed by atoms with Gasteiger partial charge in [-0.2, -0.15) is 0 Å². The van der Waals surface area contributed by atoms with Gasteiger partial charge in [-0.25, -0.2) is 28.8 Å². The van der Waals surface area contributed by atoms with Crippen LogP contribution in [0, 0.1) is 0 Å². The molecular weight excluding hydrogens is 520 g/mol. The van der Waals surface area contributed by atoms with Gasteiger partial charge in [0, 0.05) is 11.1 Å². The van der Waals surface area contributed by atoms with E-state index in [1.165, 1.54) is 24.3 Å². The molecule has 0 amide bonds. The average Bonchev–Trinajstić information content (AvgIpc) is 3.37. The highest BCUT2D eigenvalue weighted by Crippen LogP contribution is 2.27. The minimum atomic E-state index is -0.717. The largest absolute Gasteiger partial charge is 0.459 e. The van der Waals surface area contributed by atoms with Gasteiger partial charge in [-0.3, -0.25) is 0 Å². The molecule has 0 aromatic heterocycles. The number of fused-ring (bicyclic) bond motifs is 2. The molecule has 1 aliphatic carbocycles. The Kier molecular flexibility index (Phi) is 7.17. The first-order chi connectivity index (χ1) is 19.1. The third-order valence-electron chi connectivity index (χ3n) is 6.92. The summed E-state index contributed by atoms with van der Waals surface area (Å²) in [6, 6.07) is 9.19. The summed E-state index contributed by atoms with van der Waals surface area (Å²) in [5, 5.41) is 0. The van der Waals surface area contributed by atoms with Crippen LogP contribution >= 0.6 is 0 Å². The molecule has 0 saturated heterocycles. The van der Waals surface area contributed by atoms with E-state index in [2.05, 4.69) is 9.47 Å². The molecule has 204 valence electrons. The SMILES string of the molecule is C/C(=C\c1ccc2c(c1)C(=O)OC2=O)C(=O)OC1CCC(OC(=O)/C(C)=C/c2ccc3c(c2)C(=O)OC3=O)CC1. The number of hydrogen-bond donors (Lipinski definition) is 0. The Balaban J connectivity index is 1.12. The molecule has 0 spiro atoms. The van der Waals surface area contributed by atoms with Gasteiger partial charge >= 0.3 is 35.8 Å². The van der Waals surface area contributed by atoms with Crippen LogP contribution in [-0.2, 0) is 28.5 Å². The van der Waals surface area contributed by atoms with E-state index in [1.807, 2.05) is 0 Å². The van der Waals surface area contributed by atoms with Gasteiger partial charge in [-0.05, 0) is 87.1 Å². The lowest BCUT2D eigenvalue weighted by Crippen LogP contribution is -2.30. The van der Waals surface area contributed by atoms with E-state index in [4.69, 9.17) is 9.47 Å². The summed E-state index contributed by atoms with van der Waals surface area (Å²) in [5.74, 6) is -3.82. The van der Waals surface area contributed by atoms with Crippen LogP contribution in [0.4, 0.5) is 0 Å². The van der Waals surface area contributed by atoms with Crippen LogP contribution in [-0.4, -0.2) is 48.0 Å². The molecule has 0 N–H and O–H groups in total. The van der Waals surface area contributed by atoms with Crippen molar-refractivity contribution in [2.45, 2.75) is 51.7 Å². The fourth-order valence-corrected chi connectivity index (χ4v) is 4.76. The van der Waals surface area contributed by atoms with Crippen molar-refractivity contribution in [3.8, 4) is 0 Å². The molecule has 2 aromatic carbocycles. The highest BCUT2D eigenvalue weighted by atomic mass is 16.6. The van der Waals surface area contributed by atoms with Crippen molar-refractivity contribution in [2.24, 2.45) is 0 Å². The predicted molar refractivity (Wildman–Crippen MR) is 138 cm³/mol. The smallest absolute Gasteiger partial charge is 0.346 e. The van der Waals surface area contributed by atoms with E-state index in [-0.39, 0.29) is 34.5 Å². The highest BCUT2D eigenvalue weighted by Gasteiger charge is 2.31. The molecule has 0 radical (unpaired) electrons. The monoisotopic (exact) mass is 544 g/mol. The van der Waals surface area contributed by atoms with E-state index in [0.29, 0.717) is 48.0 Å². The topological polar surface area (TPSA) is 139 Å². The van der Waals surface area contributed by atoms with Crippen molar-refractivity contribution in [3.05, 3.63) is 80.9 Å². The van der Waals surface area contributed by atoms with Crippen molar-refractivity contribution in [3.63, 3.8) is 0 Å². The summed E-state index contributed by atoms with van der Waals surface area (Å²) in [5.41, 5.74) is 2.49. The van der Waals surface area contributed by atoms with E-state index >= 15 is 0 Å². The molecule has 0 unspecified atom stereocenters. The maximum Gasteiger partial charge on any atom is 0.346 e. The molecule has 3 aliphatic rings. The Morgan fingerprint density at radius 1 is 0.625 bits per heavy atom. The fraction of sp³-hybridized carbons (Fsp3) is 0.267. The summed E-state index contributed by atoms with van der Waals surface area (Å²) < 4.78 is 20.4. The summed E-state index contributed by atoms with van der Waals surface area (Å²) in [6.45, 7) is 3.20. The molecule has 2 heterocycles. The normalized spacial score (nSPS) is 20.4. The zero-order valence-corrected chi connectivity index (χ0v) is 21.7.